The number of nitrogens with one attached hydrogen (secondary N) is 1. The number of allylic oxidation sites excluding steroid dienone is 1. The van der Waals surface area contributed by atoms with Crippen LogP contribution in [0.3, 0.4) is 0 Å². The van der Waals surface area contributed by atoms with E-state index in [0.29, 0.717) is 12.5 Å². The predicted octanol–water partition coefficient (Wildman–Crippen LogP) is 2.12. The molecule has 5 nitrogen and oxygen atoms in total. The first-order valence-corrected chi connectivity index (χ1v) is 5.60. The van der Waals surface area contributed by atoms with Gasteiger partial charge in [0.2, 0.25) is 5.65 Å². The molecule has 0 saturated heterocycles. The van der Waals surface area contributed by atoms with Gasteiger partial charge in [-0.1, -0.05) is 6.08 Å². The van der Waals surface area contributed by atoms with Crippen LogP contribution in [0.15, 0.2) is 31.2 Å². The fourth-order valence-electron chi connectivity index (χ4n) is 1.52. The molecule has 1 N–H and O–H groups in total. The molecule has 17 heavy (non-hydrogen) atoms. The average Bonchev–Trinajstić information content (AvgIpc) is 2.82. The number of unbranched alkanes of at least 4 members (excludes halogenated alkanes) is 1. The first kappa shape index (κ1) is 11.4. The Balaban J connectivity index is 2.18. The van der Waals surface area contributed by atoms with Crippen molar-refractivity contribution in [2.45, 2.75) is 12.8 Å². The normalized spacial score (nSPS) is 10.4. The van der Waals surface area contributed by atoms with Crippen molar-refractivity contribution in [1.29, 1.82) is 0 Å². The second-order valence-electron chi connectivity index (χ2n) is 3.62. The average molecular weight is 232 g/mol. The molecule has 90 valence electrons. The topological polar surface area (TPSA) is 51.5 Å². The summed E-state index contributed by atoms with van der Waals surface area (Å²) in [6.45, 7) is 4.30. The Morgan fingerprint density at radius 3 is 3.24 bits per heavy atom. The maximum absolute atomic E-state index is 5.64. The number of hydrogen-bond acceptors (Lipinski definition) is 4. The van der Waals surface area contributed by atoms with Crippen LogP contribution in [0.1, 0.15) is 12.8 Å². The van der Waals surface area contributed by atoms with Crippen LogP contribution in [0, 0.1) is 0 Å². The van der Waals surface area contributed by atoms with E-state index < -0.39 is 0 Å². The third-order valence-electron chi connectivity index (χ3n) is 2.39. The molecule has 0 bridgehead atoms. The Hall–Kier alpha value is -2.04. The van der Waals surface area contributed by atoms with E-state index >= 15 is 0 Å². The van der Waals surface area contributed by atoms with Crippen LogP contribution in [0.4, 0.5) is 5.82 Å². The van der Waals surface area contributed by atoms with Gasteiger partial charge < -0.3 is 10.1 Å². The Bertz CT molecular complexity index is 506. The highest BCUT2D eigenvalue weighted by Gasteiger charge is 2.07. The van der Waals surface area contributed by atoms with E-state index in [1.54, 1.807) is 6.20 Å². The standard InChI is InChI=1S/C12H16N4O/c1-3-4-5-8-17-12-11-14-6-7-16(11)9-10(13-2)15-12/h3,6-7,9,13H,1,4-5,8H2,2H3. The summed E-state index contributed by atoms with van der Waals surface area (Å²) in [4.78, 5) is 8.57. The van der Waals surface area contributed by atoms with Crippen LogP contribution in [0.25, 0.3) is 5.65 Å². The first-order chi connectivity index (χ1) is 8.35. The zero-order valence-corrected chi connectivity index (χ0v) is 9.89. The van der Waals surface area contributed by atoms with E-state index in [0.717, 1.165) is 24.3 Å². The summed E-state index contributed by atoms with van der Waals surface area (Å²) < 4.78 is 7.53. The third-order valence-corrected chi connectivity index (χ3v) is 2.39. The number of hydrogen-bond donors (Lipinski definition) is 1. The second-order valence-corrected chi connectivity index (χ2v) is 3.62. The lowest BCUT2D eigenvalue weighted by molar-refractivity contribution is 0.302. The highest BCUT2D eigenvalue weighted by molar-refractivity contribution is 5.53. The van der Waals surface area contributed by atoms with Gasteiger partial charge in [0.05, 0.1) is 12.8 Å². The smallest absolute Gasteiger partial charge is 0.260 e. The highest BCUT2D eigenvalue weighted by Crippen LogP contribution is 2.18. The van der Waals surface area contributed by atoms with Crippen molar-refractivity contribution in [2.24, 2.45) is 0 Å². The van der Waals surface area contributed by atoms with E-state index in [9.17, 15) is 0 Å². The van der Waals surface area contributed by atoms with Gasteiger partial charge in [-0.15, -0.1) is 6.58 Å². The van der Waals surface area contributed by atoms with Crippen LogP contribution in [-0.2, 0) is 0 Å². The molecule has 0 unspecified atom stereocenters. The summed E-state index contributed by atoms with van der Waals surface area (Å²) in [5.41, 5.74) is 0.739. The van der Waals surface area contributed by atoms with Crippen LogP contribution in [0.2, 0.25) is 0 Å². The second kappa shape index (κ2) is 5.34. The fourth-order valence-corrected chi connectivity index (χ4v) is 1.52. The van der Waals surface area contributed by atoms with Crippen molar-refractivity contribution in [3.05, 3.63) is 31.2 Å². The molecule has 2 aromatic heterocycles. The van der Waals surface area contributed by atoms with E-state index in [1.165, 1.54) is 0 Å². The van der Waals surface area contributed by atoms with Crippen molar-refractivity contribution >= 4 is 11.5 Å². The van der Waals surface area contributed by atoms with Crippen molar-refractivity contribution in [1.82, 2.24) is 14.4 Å². The summed E-state index contributed by atoms with van der Waals surface area (Å²) in [6, 6.07) is 0. The van der Waals surface area contributed by atoms with Crippen molar-refractivity contribution in [2.75, 3.05) is 19.0 Å². The van der Waals surface area contributed by atoms with Gasteiger partial charge in [-0.2, -0.15) is 4.98 Å². The Morgan fingerprint density at radius 1 is 1.59 bits per heavy atom. The van der Waals surface area contributed by atoms with Gasteiger partial charge in [0, 0.05) is 19.4 Å². The van der Waals surface area contributed by atoms with Gasteiger partial charge in [-0.05, 0) is 12.8 Å². The highest BCUT2D eigenvalue weighted by atomic mass is 16.5. The molecule has 0 atom stereocenters. The molecule has 0 saturated carbocycles. The minimum absolute atomic E-state index is 0.561. The van der Waals surface area contributed by atoms with E-state index in [1.807, 2.05) is 29.9 Å². The molecule has 0 radical (unpaired) electrons. The Kier molecular flexibility index (Phi) is 3.59. The molecule has 0 aliphatic rings. The van der Waals surface area contributed by atoms with Crippen LogP contribution < -0.4 is 10.1 Å². The van der Waals surface area contributed by atoms with Crippen molar-refractivity contribution in [3.63, 3.8) is 0 Å². The van der Waals surface area contributed by atoms with Gasteiger partial charge in [0.15, 0.2) is 0 Å². The first-order valence-electron chi connectivity index (χ1n) is 5.60. The number of anilines is 1. The lowest BCUT2D eigenvalue weighted by Gasteiger charge is -2.08. The number of nitrogens with zero attached hydrogens (tertiary/aromatic N) is 3. The molecule has 0 spiro atoms. The fraction of sp³-hybridized carbons (Fsp3) is 0.333. The lowest BCUT2D eigenvalue weighted by atomic mass is 10.3. The predicted molar refractivity (Wildman–Crippen MR) is 67.5 cm³/mol. The van der Waals surface area contributed by atoms with Gasteiger partial charge in [0.1, 0.15) is 5.82 Å². The van der Waals surface area contributed by atoms with E-state index in [2.05, 4.69) is 21.9 Å². The summed E-state index contributed by atoms with van der Waals surface area (Å²) >= 11 is 0. The largest absolute Gasteiger partial charge is 0.475 e. The number of fused-ring (bicyclic) bond motifs is 1. The molecule has 0 fully saturated rings. The number of rotatable bonds is 6. The zero-order valence-electron chi connectivity index (χ0n) is 9.89. The van der Waals surface area contributed by atoms with Gasteiger partial charge in [-0.25, -0.2) is 4.98 Å². The molecule has 0 aliphatic carbocycles. The molecular formula is C12H16N4O. The van der Waals surface area contributed by atoms with Crippen LogP contribution >= 0.6 is 0 Å². The molecule has 2 rings (SSSR count). The Morgan fingerprint density at radius 2 is 2.47 bits per heavy atom. The summed E-state index contributed by atoms with van der Waals surface area (Å²) in [5, 5.41) is 2.99. The minimum atomic E-state index is 0.561. The SMILES string of the molecule is C=CCCCOc1nc(NC)cn2ccnc12. The van der Waals surface area contributed by atoms with Gasteiger partial charge in [0.25, 0.3) is 5.88 Å². The quantitative estimate of drug-likeness (QED) is 0.612. The molecular weight excluding hydrogens is 216 g/mol. The van der Waals surface area contributed by atoms with E-state index in [-0.39, 0.29) is 0 Å². The monoisotopic (exact) mass is 232 g/mol. The molecule has 0 aliphatic heterocycles. The number of imidazole rings is 1. The molecule has 0 aromatic carbocycles. The molecule has 2 heterocycles. The number of ether oxygens (including phenoxy) is 1. The molecule has 2 aromatic rings. The zero-order chi connectivity index (χ0) is 12.1. The summed E-state index contributed by atoms with van der Waals surface area (Å²) in [5.74, 6) is 1.32. The minimum Gasteiger partial charge on any atom is -0.475 e. The van der Waals surface area contributed by atoms with Crippen molar-refractivity contribution < 1.29 is 4.74 Å². The van der Waals surface area contributed by atoms with Gasteiger partial charge >= 0.3 is 0 Å². The summed E-state index contributed by atoms with van der Waals surface area (Å²) in [6.07, 6.45) is 9.23. The van der Waals surface area contributed by atoms with Gasteiger partial charge in [-0.3, -0.25) is 4.40 Å². The van der Waals surface area contributed by atoms with Crippen LogP contribution in [0.5, 0.6) is 5.88 Å². The molecule has 0 amide bonds. The third kappa shape index (κ3) is 2.55. The maximum Gasteiger partial charge on any atom is 0.260 e. The number of aromatic nitrogens is 3. The maximum atomic E-state index is 5.64. The molecule has 5 heteroatoms. The van der Waals surface area contributed by atoms with Crippen LogP contribution in [-0.4, -0.2) is 28.0 Å². The van der Waals surface area contributed by atoms with E-state index in [4.69, 9.17) is 4.74 Å². The van der Waals surface area contributed by atoms with Crippen molar-refractivity contribution in [3.8, 4) is 5.88 Å². The lowest BCUT2D eigenvalue weighted by Crippen LogP contribution is -2.04. The Labute approximate surface area is 100 Å². The summed E-state index contributed by atoms with van der Waals surface area (Å²) in [7, 11) is 1.83.